The van der Waals surface area contributed by atoms with Gasteiger partial charge < -0.3 is 4.84 Å². The number of allylic oxidation sites excluding steroid dienone is 1. The van der Waals surface area contributed by atoms with Crippen LogP contribution in [0.15, 0.2) is 12.2 Å². The molecule has 0 saturated heterocycles. The SMILES string of the molecule is CCCCCCCCCCCC/C=C/C(=O)ON. The van der Waals surface area contributed by atoms with Gasteiger partial charge in [-0.05, 0) is 12.8 Å². The molecule has 3 heteroatoms. The Balaban J connectivity index is 3.07. The Labute approximate surface area is 112 Å². The molecule has 0 aliphatic carbocycles. The van der Waals surface area contributed by atoms with Gasteiger partial charge in [-0.2, -0.15) is 5.90 Å². The summed E-state index contributed by atoms with van der Waals surface area (Å²) in [5, 5.41) is 0. The van der Waals surface area contributed by atoms with Crippen molar-refractivity contribution in [1.82, 2.24) is 0 Å². The molecule has 0 unspecified atom stereocenters. The third-order valence-electron chi connectivity index (χ3n) is 3.09. The number of rotatable bonds is 12. The van der Waals surface area contributed by atoms with Crippen LogP contribution in [0, 0.1) is 0 Å². The molecule has 0 aromatic rings. The van der Waals surface area contributed by atoms with Gasteiger partial charge in [-0.3, -0.25) is 0 Å². The standard InChI is InChI=1S/C15H29NO2/c1-2-3-4-5-6-7-8-9-10-11-12-13-14-15(17)18-16/h13-14H,2-12,16H2,1H3/b14-13+. The van der Waals surface area contributed by atoms with Crippen LogP contribution in [0.3, 0.4) is 0 Å². The zero-order chi connectivity index (χ0) is 13.5. The molecule has 0 aromatic carbocycles. The Hall–Kier alpha value is -0.830. The smallest absolute Gasteiger partial charge is 0.348 e. The summed E-state index contributed by atoms with van der Waals surface area (Å²) in [6.07, 6.45) is 17.5. The van der Waals surface area contributed by atoms with Crippen LogP contribution in [-0.2, 0) is 9.63 Å². The Kier molecular flexibility index (Phi) is 13.6. The maximum atomic E-state index is 10.7. The number of hydrogen-bond acceptors (Lipinski definition) is 3. The Bertz CT molecular complexity index is 215. The zero-order valence-corrected chi connectivity index (χ0v) is 11.8. The van der Waals surface area contributed by atoms with E-state index < -0.39 is 5.97 Å². The van der Waals surface area contributed by atoms with Crippen LogP contribution < -0.4 is 5.90 Å². The molecule has 0 rings (SSSR count). The van der Waals surface area contributed by atoms with Gasteiger partial charge in [0.05, 0.1) is 0 Å². The summed E-state index contributed by atoms with van der Waals surface area (Å²) in [5.41, 5.74) is 0. The highest BCUT2D eigenvalue weighted by Crippen LogP contribution is 2.11. The maximum Gasteiger partial charge on any atom is 0.348 e. The molecule has 0 heterocycles. The summed E-state index contributed by atoms with van der Waals surface area (Å²) in [5.74, 6) is 4.24. The van der Waals surface area contributed by atoms with Gasteiger partial charge >= 0.3 is 5.97 Å². The number of unbranched alkanes of at least 4 members (excludes halogenated alkanes) is 10. The molecular formula is C15H29NO2. The van der Waals surface area contributed by atoms with Gasteiger partial charge in [0.15, 0.2) is 0 Å². The summed E-state index contributed by atoms with van der Waals surface area (Å²) in [7, 11) is 0. The molecule has 2 N–H and O–H groups in total. The molecule has 0 amide bonds. The molecule has 0 aliphatic rings. The lowest BCUT2D eigenvalue weighted by atomic mass is 10.1. The van der Waals surface area contributed by atoms with Gasteiger partial charge in [-0.15, -0.1) is 0 Å². The van der Waals surface area contributed by atoms with E-state index in [1.807, 2.05) is 6.08 Å². The van der Waals surface area contributed by atoms with Crippen LogP contribution >= 0.6 is 0 Å². The van der Waals surface area contributed by atoms with Crippen LogP contribution in [0.1, 0.15) is 77.6 Å². The molecule has 0 bridgehead atoms. The van der Waals surface area contributed by atoms with E-state index in [-0.39, 0.29) is 0 Å². The quantitative estimate of drug-likeness (QED) is 0.322. The number of hydrogen-bond donors (Lipinski definition) is 1. The second kappa shape index (κ2) is 14.2. The molecule has 106 valence electrons. The van der Waals surface area contributed by atoms with Crippen molar-refractivity contribution in [2.45, 2.75) is 77.6 Å². The third-order valence-corrected chi connectivity index (χ3v) is 3.09. The molecule has 18 heavy (non-hydrogen) atoms. The summed E-state index contributed by atoms with van der Waals surface area (Å²) in [6, 6.07) is 0. The average molecular weight is 255 g/mol. The predicted octanol–water partition coefficient (Wildman–Crippen LogP) is 4.27. The van der Waals surface area contributed by atoms with Crippen molar-refractivity contribution >= 4 is 5.97 Å². The van der Waals surface area contributed by atoms with Gasteiger partial charge in [0.1, 0.15) is 0 Å². The van der Waals surface area contributed by atoms with E-state index >= 15 is 0 Å². The van der Waals surface area contributed by atoms with Crippen molar-refractivity contribution in [1.29, 1.82) is 0 Å². The fourth-order valence-corrected chi connectivity index (χ4v) is 1.97. The highest BCUT2D eigenvalue weighted by Gasteiger charge is 1.93. The van der Waals surface area contributed by atoms with E-state index in [1.165, 1.54) is 63.9 Å². The van der Waals surface area contributed by atoms with Crippen LogP contribution in [0.25, 0.3) is 0 Å². The fraction of sp³-hybridized carbons (Fsp3) is 0.800. The Morgan fingerprint density at radius 3 is 1.94 bits per heavy atom. The number of carbonyl (C=O) groups is 1. The van der Waals surface area contributed by atoms with Gasteiger partial charge in [-0.1, -0.05) is 70.8 Å². The lowest BCUT2D eigenvalue weighted by molar-refractivity contribution is -0.138. The Morgan fingerprint density at radius 1 is 0.944 bits per heavy atom. The molecule has 0 radical (unpaired) electrons. The van der Waals surface area contributed by atoms with Crippen molar-refractivity contribution < 1.29 is 9.63 Å². The van der Waals surface area contributed by atoms with Gasteiger partial charge in [0.2, 0.25) is 0 Å². The summed E-state index contributed by atoms with van der Waals surface area (Å²) >= 11 is 0. The highest BCUT2D eigenvalue weighted by atomic mass is 16.7. The Morgan fingerprint density at radius 2 is 1.44 bits per heavy atom. The van der Waals surface area contributed by atoms with Crippen LogP contribution in [0.4, 0.5) is 0 Å². The molecule has 0 aliphatic heterocycles. The van der Waals surface area contributed by atoms with E-state index in [2.05, 4.69) is 11.8 Å². The zero-order valence-electron chi connectivity index (χ0n) is 11.8. The topological polar surface area (TPSA) is 52.3 Å². The van der Waals surface area contributed by atoms with Crippen molar-refractivity contribution in [3.63, 3.8) is 0 Å². The molecule has 0 fully saturated rings. The van der Waals surface area contributed by atoms with E-state index in [9.17, 15) is 4.79 Å². The second-order valence-corrected chi connectivity index (χ2v) is 4.81. The first-order valence-electron chi connectivity index (χ1n) is 7.38. The van der Waals surface area contributed by atoms with Gasteiger partial charge in [0.25, 0.3) is 0 Å². The van der Waals surface area contributed by atoms with Crippen molar-refractivity contribution in [2.75, 3.05) is 0 Å². The second-order valence-electron chi connectivity index (χ2n) is 4.81. The first-order chi connectivity index (χ1) is 8.81. The largest absolute Gasteiger partial charge is 0.370 e. The maximum absolute atomic E-state index is 10.7. The normalized spacial score (nSPS) is 11.0. The van der Waals surface area contributed by atoms with Gasteiger partial charge in [-0.25, -0.2) is 4.79 Å². The summed E-state index contributed by atoms with van der Waals surface area (Å²) < 4.78 is 0. The third kappa shape index (κ3) is 13.2. The van der Waals surface area contributed by atoms with Crippen LogP contribution in [-0.4, -0.2) is 5.97 Å². The predicted molar refractivity (Wildman–Crippen MR) is 75.9 cm³/mol. The molecular weight excluding hydrogens is 226 g/mol. The van der Waals surface area contributed by atoms with E-state index in [0.717, 1.165) is 12.8 Å². The fourth-order valence-electron chi connectivity index (χ4n) is 1.97. The average Bonchev–Trinajstić information content (AvgIpc) is 2.39. The molecule has 0 saturated carbocycles. The minimum atomic E-state index is -0.470. The van der Waals surface area contributed by atoms with E-state index in [0.29, 0.717) is 0 Å². The summed E-state index contributed by atoms with van der Waals surface area (Å²) in [4.78, 5) is 14.7. The minimum Gasteiger partial charge on any atom is -0.370 e. The lowest BCUT2D eigenvalue weighted by Crippen LogP contribution is -2.05. The first kappa shape index (κ1) is 17.2. The highest BCUT2D eigenvalue weighted by molar-refractivity contribution is 5.81. The van der Waals surface area contributed by atoms with Crippen molar-refractivity contribution in [3.05, 3.63) is 12.2 Å². The monoisotopic (exact) mass is 255 g/mol. The van der Waals surface area contributed by atoms with E-state index in [4.69, 9.17) is 5.90 Å². The summed E-state index contributed by atoms with van der Waals surface area (Å²) in [6.45, 7) is 2.25. The molecule has 0 aromatic heterocycles. The minimum absolute atomic E-state index is 0.470. The molecule has 3 nitrogen and oxygen atoms in total. The van der Waals surface area contributed by atoms with Gasteiger partial charge in [0, 0.05) is 6.08 Å². The van der Waals surface area contributed by atoms with Crippen LogP contribution in [0.5, 0.6) is 0 Å². The van der Waals surface area contributed by atoms with E-state index in [1.54, 1.807) is 0 Å². The molecule has 0 spiro atoms. The van der Waals surface area contributed by atoms with Crippen LogP contribution in [0.2, 0.25) is 0 Å². The molecule has 0 atom stereocenters. The van der Waals surface area contributed by atoms with Crippen molar-refractivity contribution in [2.24, 2.45) is 5.90 Å². The lowest BCUT2D eigenvalue weighted by Gasteiger charge is -2.01. The van der Waals surface area contributed by atoms with Crippen molar-refractivity contribution in [3.8, 4) is 0 Å². The number of nitrogens with two attached hydrogens (primary N) is 1. The number of carbonyl (C=O) groups excluding carboxylic acids is 1. The first-order valence-corrected chi connectivity index (χ1v) is 7.38.